The second-order valence-corrected chi connectivity index (χ2v) is 7.86. The number of hydrogen-bond donors (Lipinski definition) is 1. The highest BCUT2D eigenvalue weighted by atomic mass is 35.5. The van der Waals surface area contributed by atoms with Crippen LogP contribution in [0.5, 0.6) is 0 Å². The third-order valence-electron chi connectivity index (χ3n) is 5.05. The Morgan fingerprint density at radius 2 is 1.68 bits per heavy atom. The number of nitrogens with one attached hydrogen (secondary N) is 1. The van der Waals surface area contributed by atoms with Gasteiger partial charge in [0.15, 0.2) is 6.10 Å². The Morgan fingerprint density at radius 3 is 2.32 bits per heavy atom. The van der Waals surface area contributed by atoms with Crippen LogP contribution in [0, 0.1) is 6.92 Å². The van der Waals surface area contributed by atoms with E-state index in [1.807, 2.05) is 67.6 Å². The third kappa shape index (κ3) is 5.73. The second kappa shape index (κ2) is 10.3. The molecule has 6 nitrogen and oxygen atoms in total. The van der Waals surface area contributed by atoms with Gasteiger partial charge in [-0.05, 0) is 30.9 Å². The van der Waals surface area contributed by atoms with Crippen LogP contribution < -0.4 is 5.32 Å². The van der Waals surface area contributed by atoms with Crippen molar-refractivity contribution in [3.05, 3.63) is 88.2 Å². The first-order valence-corrected chi connectivity index (χ1v) is 10.5. The molecule has 0 fully saturated rings. The predicted molar refractivity (Wildman–Crippen MR) is 120 cm³/mol. The van der Waals surface area contributed by atoms with Gasteiger partial charge < -0.3 is 10.1 Å². The Balaban J connectivity index is 1.59. The molecule has 3 aromatic rings. The van der Waals surface area contributed by atoms with E-state index in [-0.39, 0.29) is 22.5 Å². The summed E-state index contributed by atoms with van der Waals surface area (Å²) >= 11 is 6.41. The molecule has 0 bridgehead atoms. The topological polar surface area (TPSA) is 73.2 Å². The molecule has 1 amide bonds. The van der Waals surface area contributed by atoms with Gasteiger partial charge in [-0.15, -0.1) is 0 Å². The minimum atomic E-state index is -0.955. The van der Waals surface area contributed by atoms with Gasteiger partial charge in [0, 0.05) is 6.54 Å². The zero-order chi connectivity index (χ0) is 22.4. The summed E-state index contributed by atoms with van der Waals surface area (Å²) in [5.74, 6) is -0.886. The van der Waals surface area contributed by atoms with E-state index in [1.54, 1.807) is 11.6 Å². The van der Waals surface area contributed by atoms with Gasteiger partial charge in [-0.3, -0.25) is 4.79 Å². The summed E-state index contributed by atoms with van der Waals surface area (Å²) in [5.41, 5.74) is 2.76. The molecule has 162 valence electrons. The summed E-state index contributed by atoms with van der Waals surface area (Å²) in [6.45, 7) is 6.13. The first kappa shape index (κ1) is 22.6. The summed E-state index contributed by atoms with van der Waals surface area (Å²) in [5, 5.41) is 7.38. The molecule has 0 saturated carbocycles. The zero-order valence-electron chi connectivity index (χ0n) is 17.8. The normalized spacial score (nSPS) is 12.8. The minimum absolute atomic E-state index is 0.140. The highest BCUT2D eigenvalue weighted by Gasteiger charge is 2.26. The monoisotopic (exact) mass is 439 g/mol. The molecule has 0 saturated heterocycles. The lowest BCUT2D eigenvalue weighted by molar-refractivity contribution is -0.129. The molecule has 31 heavy (non-hydrogen) atoms. The third-order valence-corrected chi connectivity index (χ3v) is 5.43. The zero-order valence-corrected chi connectivity index (χ0v) is 18.6. The first-order chi connectivity index (χ1) is 14.9. The maximum Gasteiger partial charge on any atom is 0.343 e. The number of nitrogens with zero attached hydrogens (tertiary/aromatic N) is 2. The Labute approximate surface area is 187 Å². The Hall–Kier alpha value is -3.12. The molecule has 0 aliphatic carbocycles. The van der Waals surface area contributed by atoms with E-state index in [0.717, 1.165) is 11.1 Å². The van der Waals surface area contributed by atoms with Gasteiger partial charge in [-0.1, -0.05) is 79.2 Å². The van der Waals surface area contributed by atoms with Crippen molar-refractivity contribution in [2.24, 2.45) is 0 Å². The van der Waals surface area contributed by atoms with E-state index in [2.05, 4.69) is 10.4 Å². The number of aromatic nitrogens is 2. The minimum Gasteiger partial charge on any atom is -0.449 e. The standard InChI is InChI=1S/C24H26ClN3O3/c1-16(20-12-8-5-9-13-20)14-26-23(29)18(3)31-24(30)21-17(2)27-28(22(21)25)15-19-10-6-4-7-11-19/h4-13,16,18H,14-15H2,1-3H3,(H,26,29). The van der Waals surface area contributed by atoms with E-state index in [9.17, 15) is 9.59 Å². The van der Waals surface area contributed by atoms with E-state index < -0.39 is 12.1 Å². The number of ether oxygens (including phenoxy) is 1. The second-order valence-electron chi connectivity index (χ2n) is 7.50. The lowest BCUT2D eigenvalue weighted by atomic mass is 10.0. The molecular weight excluding hydrogens is 414 g/mol. The Kier molecular flexibility index (Phi) is 7.47. The maximum absolute atomic E-state index is 12.7. The summed E-state index contributed by atoms with van der Waals surface area (Å²) in [6.07, 6.45) is -0.955. The number of carbonyl (C=O) groups is 2. The van der Waals surface area contributed by atoms with Crippen molar-refractivity contribution in [1.82, 2.24) is 15.1 Å². The van der Waals surface area contributed by atoms with Crippen LogP contribution >= 0.6 is 11.6 Å². The van der Waals surface area contributed by atoms with Crippen LogP contribution in [0.15, 0.2) is 60.7 Å². The first-order valence-electron chi connectivity index (χ1n) is 10.2. The van der Waals surface area contributed by atoms with Crippen LogP contribution in [0.4, 0.5) is 0 Å². The summed E-state index contributed by atoms with van der Waals surface area (Å²) < 4.78 is 6.92. The number of hydrogen-bond acceptors (Lipinski definition) is 4. The Bertz CT molecular complexity index is 1030. The van der Waals surface area contributed by atoms with Gasteiger partial charge in [0.1, 0.15) is 10.7 Å². The van der Waals surface area contributed by atoms with Gasteiger partial charge >= 0.3 is 5.97 Å². The number of halogens is 1. The van der Waals surface area contributed by atoms with Gasteiger partial charge in [-0.2, -0.15) is 5.10 Å². The number of aryl methyl sites for hydroxylation is 1. The maximum atomic E-state index is 12.7. The molecule has 0 spiro atoms. The van der Waals surface area contributed by atoms with E-state index in [4.69, 9.17) is 16.3 Å². The number of esters is 1. The van der Waals surface area contributed by atoms with Crippen LogP contribution in [0.25, 0.3) is 0 Å². The van der Waals surface area contributed by atoms with Crippen molar-refractivity contribution in [2.75, 3.05) is 6.54 Å². The average Bonchev–Trinajstić information content (AvgIpc) is 3.05. The molecule has 1 aromatic heterocycles. The van der Waals surface area contributed by atoms with Crippen LogP contribution in [-0.4, -0.2) is 34.3 Å². The quantitative estimate of drug-likeness (QED) is 0.529. The molecule has 0 aliphatic rings. The predicted octanol–water partition coefficient (Wildman–Crippen LogP) is 4.36. The van der Waals surface area contributed by atoms with Crippen LogP contribution in [0.1, 0.15) is 46.9 Å². The molecule has 1 N–H and O–H groups in total. The fraction of sp³-hybridized carbons (Fsp3) is 0.292. The lowest BCUT2D eigenvalue weighted by Gasteiger charge is -2.16. The molecular formula is C24H26ClN3O3. The average molecular weight is 440 g/mol. The van der Waals surface area contributed by atoms with Crippen molar-refractivity contribution in [2.45, 2.75) is 39.3 Å². The van der Waals surface area contributed by atoms with Gasteiger partial charge in [0.2, 0.25) is 0 Å². The smallest absolute Gasteiger partial charge is 0.343 e. The molecule has 2 aromatic carbocycles. The van der Waals surface area contributed by atoms with E-state index >= 15 is 0 Å². The van der Waals surface area contributed by atoms with Gasteiger partial charge in [-0.25, -0.2) is 9.48 Å². The summed E-state index contributed by atoms with van der Waals surface area (Å²) in [7, 11) is 0. The Morgan fingerprint density at radius 1 is 1.06 bits per heavy atom. The highest BCUT2D eigenvalue weighted by Crippen LogP contribution is 2.22. The van der Waals surface area contributed by atoms with Gasteiger partial charge in [0.05, 0.1) is 12.2 Å². The largest absolute Gasteiger partial charge is 0.449 e. The van der Waals surface area contributed by atoms with Crippen molar-refractivity contribution >= 4 is 23.5 Å². The van der Waals surface area contributed by atoms with E-state index in [0.29, 0.717) is 18.8 Å². The van der Waals surface area contributed by atoms with Crippen molar-refractivity contribution in [3.63, 3.8) is 0 Å². The van der Waals surface area contributed by atoms with Crippen LogP contribution in [0.2, 0.25) is 5.15 Å². The van der Waals surface area contributed by atoms with Crippen LogP contribution in [0.3, 0.4) is 0 Å². The number of rotatable bonds is 8. The van der Waals surface area contributed by atoms with E-state index in [1.165, 1.54) is 6.92 Å². The van der Waals surface area contributed by atoms with Crippen molar-refractivity contribution < 1.29 is 14.3 Å². The molecule has 0 aliphatic heterocycles. The number of carbonyl (C=O) groups excluding carboxylic acids is 2. The number of benzene rings is 2. The molecule has 1 heterocycles. The van der Waals surface area contributed by atoms with Crippen molar-refractivity contribution in [1.29, 1.82) is 0 Å². The molecule has 2 atom stereocenters. The summed E-state index contributed by atoms with van der Waals surface area (Å²) in [4.78, 5) is 25.1. The molecule has 2 unspecified atom stereocenters. The molecule has 7 heteroatoms. The van der Waals surface area contributed by atoms with Crippen LogP contribution in [-0.2, 0) is 16.1 Å². The highest BCUT2D eigenvalue weighted by molar-refractivity contribution is 6.32. The molecule has 0 radical (unpaired) electrons. The van der Waals surface area contributed by atoms with Crippen molar-refractivity contribution in [3.8, 4) is 0 Å². The number of amides is 1. The van der Waals surface area contributed by atoms with Gasteiger partial charge in [0.25, 0.3) is 5.91 Å². The fourth-order valence-electron chi connectivity index (χ4n) is 3.22. The summed E-state index contributed by atoms with van der Waals surface area (Å²) in [6, 6.07) is 19.6. The SMILES string of the molecule is Cc1nn(Cc2ccccc2)c(Cl)c1C(=O)OC(C)C(=O)NCC(C)c1ccccc1. The molecule has 3 rings (SSSR count). The fourth-order valence-corrected chi connectivity index (χ4v) is 3.53. The lowest BCUT2D eigenvalue weighted by Crippen LogP contribution is -2.37.